The number of aliphatic hydroxyl groups is 1. The second-order valence-electron chi connectivity index (χ2n) is 5.30. The van der Waals surface area contributed by atoms with E-state index in [9.17, 15) is 9.90 Å². The van der Waals surface area contributed by atoms with Gasteiger partial charge >= 0.3 is 17.9 Å². The van der Waals surface area contributed by atoms with Crippen LogP contribution in [0.1, 0.15) is 16.1 Å². The molecule has 0 radical (unpaired) electrons. The summed E-state index contributed by atoms with van der Waals surface area (Å²) in [7, 11) is 1.32. The van der Waals surface area contributed by atoms with Gasteiger partial charge in [-0.1, -0.05) is 6.07 Å². The summed E-state index contributed by atoms with van der Waals surface area (Å²) in [5.74, 6) is -2.76. The van der Waals surface area contributed by atoms with Crippen molar-refractivity contribution >= 4 is 17.9 Å². The highest BCUT2D eigenvalue weighted by molar-refractivity contribution is 6.27. The highest BCUT2D eigenvalue weighted by Crippen LogP contribution is 2.14. The van der Waals surface area contributed by atoms with Gasteiger partial charge in [0.1, 0.15) is 24.2 Å². The van der Waals surface area contributed by atoms with Crippen molar-refractivity contribution in [2.45, 2.75) is 12.6 Å². The largest absolute Gasteiger partial charge is 0.491 e. The van der Waals surface area contributed by atoms with Crippen LogP contribution in [0.25, 0.3) is 0 Å². The molecule has 0 fully saturated rings. The molecule has 0 aliphatic heterocycles. The van der Waals surface area contributed by atoms with Gasteiger partial charge in [0.15, 0.2) is 0 Å². The number of carbonyl (C=O) groups excluding carboxylic acids is 1. The Hall–Kier alpha value is -3.37. The molecule has 0 aliphatic rings. The smallest absolute Gasteiger partial charge is 0.414 e. The fraction of sp³-hybridized carbons (Fsp3) is 0.278. The summed E-state index contributed by atoms with van der Waals surface area (Å²) >= 11 is 0. The van der Waals surface area contributed by atoms with Crippen molar-refractivity contribution in [3.63, 3.8) is 0 Å². The lowest BCUT2D eigenvalue weighted by atomic mass is 10.2. The molecule has 2 aromatic rings. The molecule has 0 saturated carbocycles. The molecule has 0 aliphatic carbocycles. The Labute approximate surface area is 160 Å². The summed E-state index contributed by atoms with van der Waals surface area (Å²) in [6.07, 6.45) is 0.932. The summed E-state index contributed by atoms with van der Waals surface area (Å²) in [5, 5.41) is 27.7. The Bertz CT molecular complexity index is 746. The van der Waals surface area contributed by atoms with E-state index < -0.39 is 24.0 Å². The van der Waals surface area contributed by atoms with Crippen molar-refractivity contribution < 1.29 is 43.6 Å². The van der Waals surface area contributed by atoms with Crippen LogP contribution in [-0.4, -0.2) is 59.6 Å². The summed E-state index contributed by atoms with van der Waals surface area (Å²) in [6.45, 7) is 1.04. The number of methoxy groups -OCH3 is 1. The van der Waals surface area contributed by atoms with Gasteiger partial charge in [0.05, 0.1) is 25.5 Å². The molecule has 4 N–H and O–H groups in total. The first-order valence-corrected chi connectivity index (χ1v) is 8.02. The lowest BCUT2D eigenvalue weighted by molar-refractivity contribution is -0.159. The molecule has 1 unspecified atom stereocenters. The van der Waals surface area contributed by atoms with Crippen LogP contribution >= 0.6 is 0 Å². The molecular formula is C18H21NO9. The highest BCUT2D eigenvalue weighted by Gasteiger charge is 2.09. The van der Waals surface area contributed by atoms with Gasteiger partial charge in [-0.15, -0.1) is 0 Å². The van der Waals surface area contributed by atoms with Crippen molar-refractivity contribution in [3.8, 4) is 5.75 Å². The molecule has 1 heterocycles. The number of aliphatic carboxylic acids is 2. The van der Waals surface area contributed by atoms with Gasteiger partial charge in [0.2, 0.25) is 0 Å². The van der Waals surface area contributed by atoms with Crippen LogP contribution in [0.15, 0.2) is 47.1 Å². The van der Waals surface area contributed by atoms with E-state index in [1.165, 1.54) is 7.11 Å². The predicted octanol–water partition coefficient (Wildman–Crippen LogP) is 0.751. The number of nitrogens with one attached hydrogen (secondary N) is 1. The Morgan fingerprint density at radius 1 is 1.14 bits per heavy atom. The van der Waals surface area contributed by atoms with Crippen molar-refractivity contribution in [3.05, 3.63) is 54.0 Å². The second kappa shape index (κ2) is 12.1. The van der Waals surface area contributed by atoms with E-state index >= 15 is 0 Å². The predicted molar refractivity (Wildman–Crippen MR) is 95.0 cm³/mol. The van der Waals surface area contributed by atoms with Crippen molar-refractivity contribution in [1.29, 1.82) is 0 Å². The zero-order valence-electron chi connectivity index (χ0n) is 15.0. The maximum absolute atomic E-state index is 11.4. The Kier molecular flexibility index (Phi) is 9.79. The highest BCUT2D eigenvalue weighted by atomic mass is 16.5. The summed E-state index contributed by atoms with van der Waals surface area (Å²) in [5.41, 5.74) is 0.408. The molecule has 1 aromatic heterocycles. The fourth-order valence-electron chi connectivity index (χ4n) is 1.86. The van der Waals surface area contributed by atoms with E-state index in [0.717, 1.165) is 5.76 Å². The molecule has 0 bridgehead atoms. The van der Waals surface area contributed by atoms with E-state index in [1.807, 2.05) is 12.1 Å². The van der Waals surface area contributed by atoms with Crippen LogP contribution in [0.2, 0.25) is 0 Å². The lowest BCUT2D eigenvalue weighted by Crippen LogP contribution is -2.31. The Morgan fingerprint density at radius 2 is 1.86 bits per heavy atom. The molecule has 152 valence electrons. The molecule has 28 heavy (non-hydrogen) atoms. The van der Waals surface area contributed by atoms with Crippen molar-refractivity contribution in [2.24, 2.45) is 0 Å². The second-order valence-corrected chi connectivity index (χ2v) is 5.30. The van der Waals surface area contributed by atoms with Crippen molar-refractivity contribution in [2.75, 3.05) is 20.3 Å². The number of carboxylic acid groups (broad SMARTS) is 2. The minimum atomic E-state index is -1.82. The normalized spacial score (nSPS) is 10.9. The minimum Gasteiger partial charge on any atom is -0.491 e. The monoisotopic (exact) mass is 395 g/mol. The van der Waals surface area contributed by atoms with Gasteiger partial charge in [-0.25, -0.2) is 14.4 Å². The maximum atomic E-state index is 11.4. The van der Waals surface area contributed by atoms with E-state index in [0.29, 0.717) is 24.4 Å². The van der Waals surface area contributed by atoms with Gasteiger partial charge in [0.25, 0.3) is 0 Å². The van der Waals surface area contributed by atoms with Gasteiger partial charge < -0.3 is 34.5 Å². The molecule has 1 atom stereocenters. The number of benzene rings is 1. The fourth-order valence-corrected chi connectivity index (χ4v) is 1.86. The lowest BCUT2D eigenvalue weighted by Gasteiger charge is -2.13. The Morgan fingerprint density at radius 3 is 2.43 bits per heavy atom. The average Bonchev–Trinajstić information content (AvgIpc) is 3.20. The van der Waals surface area contributed by atoms with E-state index in [4.69, 9.17) is 29.0 Å². The van der Waals surface area contributed by atoms with Crippen LogP contribution < -0.4 is 10.1 Å². The number of hydrogen-bond donors (Lipinski definition) is 4. The molecule has 0 amide bonds. The molecule has 0 saturated heterocycles. The quantitative estimate of drug-likeness (QED) is 0.371. The molecule has 1 aromatic carbocycles. The third-order valence-corrected chi connectivity index (χ3v) is 3.14. The SMILES string of the molecule is COC(=O)c1cccc(OCC(O)CNCc2ccco2)c1.O=C(O)C(=O)O. The third kappa shape index (κ3) is 8.83. The van der Waals surface area contributed by atoms with Crippen LogP contribution in [0.3, 0.4) is 0 Å². The molecule has 10 nitrogen and oxygen atoms in total. The Balaban J connectivity index is 0.000000568. The first-order chi connectivity index (χ1) is 13.3. The summed E-state index contributed by atoms with van der Waals surface area (Å²) in [6, 6.07) is 10.3. The first kappa shape index (κ1) is 22.7. The van der Waals surface area contributed by atoms with Gasteiger partial charge in [-0.05, 0) is 30.3 Å². The number of furan rings is 1. The third-order valence-electron chi connectivity index (χ3n) is 3.14. The zero-order valence-corrected chi connectivity index (χ0v) is 15.0. The average molecular weight is 395 g/mol. The zero-order chi connectivity index (χ0) is 20.9. The number of carbonyl (C=O) groups is 3. The standard InChI is InChI=1S/C16H19NO5.C2H2O4/c1-20-16(19)12-4-2-5-14(8-12)22-11-13(18)9-17-10-15-6-3-7-21-15;3-1(4)2(5)6/h2-8,13,17-18H,9-11H2,1H3;(H,3,4)(H,5,6). The van der Waals surface area contributed by atoms with Gasteiger partial charge in [-0.2, -0.15) is 0 Å². The van der Waals surface area contributed by atoms with Gasteiger partial charge in [0, 0.05) is 6.54 Å². The topological polar surface area (TPSA) is 156 Å². The van der Waals surface area contributed by atoms with E-state index in [1.54, 1.807) is 30.5 Å². The minimum absolute atomic E-state index is 0.121. The van der Waals surface area contributed by atoms with Crippen LogP contribution in [-0.2, 0) is 20.9 Å². The first-order valence-electron chi connectivity index (χ1n) is 8.02. The molecule has 0 spiro atoms. The number of carboxylic acids is 2. The number of aliphatic hydroxyl groups excluding tert-OH is 1. The van der Waals surface area contributed by atoms with E-state index in [2.05, 4.69) is 10.1 Å². The van der Waals surface area contributed by atoms with Crippen molar-refractivity contribution in [1.82, 2.24) is 5.32 Å². The van der Waals surface area contributed by atoms with Crippen LogP contribution in [0.5, 0.6) is 5.75 Å². The summed E-state index contributed by atoms with van der Waals surface area (Å²) in [4.78, 5) is 29.6. The number of esters is 1. The number of hydrogen-bond acceptors (Lipinski definition) is 8. The molecule has 10 heteroatoms. The summed E-state index contributed by atoms with van der Waals surface area (Å²) < 4.78 is 15.3. The number of rotatable bonds is 8. The van der Waals surface area contributed by atoms with Gasteiger partial charge in [-0.3, -0.25) is 0 Å². The maximum Gasteiger partial charge on any atom is 0.414 e. The molecule has 2 rings (SSSR count). The van der Waals surface area contributed by atoms with Crippen LogP contribution in [0.4, 0.5) is 0 Å². The number of ether oxygens (including phenoxy) is 2. The molecular weight excluding hydrogens is 374 g/mol. The van der Waals surface area contributed by atoms with Crippen LogP contribution in [0, 0.1) is 0 Å². The van der Waals surface area contributed by atoms with E-state index in [-0.39, 0.29) is 6.61 Å².